The number of rotatable bonds is 5. The molecule has 0 saturated heterocycles. The average Bonchev–Trinajstić information content (AvgIpc) is 2.63. The van der Waals surface area contributed by atoms with Gasteiger partial charge < -0.3 is 4.74 Å². The van der Waals surface area contributed by atoms with Crippen molar-refractivity contribution in [3.8, 4) is 0 Å². The van der Waals surface area contributed by atoms with Gasteiger partial charge in [0.2, 0.25) is 0 Å². The first-order valence-corrected chi connectivity index (χ1v) is 8.04. The molecule has 0 amide bonds. The highest BCUT2D eigenvalue weighted by atomic mass is 19.4. The van der Waals surface area contributed by atoms with Gasteiger partial charge in [0.05, 0.1) is 18.4 Å². The van der Waals surface area contributed by atoms with Crippen molar-refractivity contribution in [3.05, 3.63) is 64.7 Å². The summed E-state index contributed by atoms with van der Waals surface area (Å²) in [7, 11) is 1.15. The van der Waals surface area contributed by atoms with Crippen molar-refractivity contribution in [2.24, 2.45) is 10.9 Å². The summed E-state index contributed by atoms with van der Waals surface area (Å²) in [4.78, 5) is 28.6. The molecule has 0 saturated carbocycles. The Labute approximate surface area is 154 Å². The van der Waals surface area contributed by atoms with Gasteiger partial charge in [0, 0.05) is 11.8 Å². The fraction of sp³-hybridized carbons (Fsp3) is 0.250. The number of hydrogen-bond acceptors (Lipinski definition) is 4. The summed E-state index contributed by atoms with van der Waals surface area (Å²) in [5, 5.41) is 0. The van der Waals surface area contributed by atoms with Crippen LogP contribution >= 0.6 is 0 Å². The third-order valence-corrected chi connectivity index (χ3v) is 4.10. The first kappa shape index (κ1) is 20.4. The average molecular weight is 377 g/mol. The molecule has 2 aromatic carbocycles. The van der Waals surface area contributed by atoms with Crippen molar-refractivity contribution in [1.29, 1.82) is 0 Å². The van der Waals surface area contributed by atoms with E-state index >= 15 is 0 Å². The maximum atomic E-state index is 12.7. The van der Waals surface area contributed by atoms with Crippen molar-refractivity contribution in [1.82, 2.24) is 0 Å². The number of aliphatic imine (C=N–C) groups is 1. The van der Waals surface area contributed by atoms with E-state index in [1.165, 1.54) is 0 Å². The summed E-state index contributed by atoms with van der Waals surface area (Å²) < 4.78 is 42.4. The Morgan fingerprint density at radius 3 is 2.19 bits per heavy atom. The van der Waals surface area contributed by atoms with Gasteiger partial charge in [0.15, 0.2) is 11.7 Å². The molecule has 0 bridgehead atoms. The molecule has 0 aliphatic rings. The zero-order valence-corrected chi connectivity index (χ0v) is 15.0. The van der Waals surface area contributed by atoms with Crippen LogP contribution in [0.15, 0.2) is 47.5 Å². The van der Waals surface area contributed by atoms with Crippen molar-refractivity contribution >= 4 is 23.7 Å². The number of esters is 1. The van der Waals surface area contributed by atoms with Gasteiger partial charge in [-0.05, 0) is 55.3 Å². The van der Waals surface area contributed by atoms with Gasteiger partial charge in [-0.15, -0.1) is 0 Å². The van der Waals surface area contributed by atoms with Gasteiger partial charge in [-0.3, -0.25) is 14.6 Å². The minimum absolute atomic E-state index is 0.185. The Bertz CT molecular complexity index is 871. The zero-order chi connectivity index (χ0) is 20.2. The van der Waals surface area contributed by atoms with E-state index in [-0.39, 0.29) is 5.69 Å². The summed E-state index contributed by atoms with van der Waals surface area (Å²) in [6, 6.07) is 9.12. The highest BCUT2D eigenvalue weighted by molar-refractivity contribution is 6.18. The first-order chi connectivity index (χ1) is 12.6. The maximum absolute atomic E-state index is 12.7. The molecule has 0 aliphatic heterocycles. The standard InChI is InChI=1S/C20H18F3NO3/c1-12-4-5-14(10-13(12)2)18(25)17(19(26)27-3)11-24-16-8-6-15(7-9-16)20(21,22)23/h4-11,17H,1-3H3. The van der Waals surface area contributed by atoms with Crippen LogP contribution < -0.4 is 0 Å². The number of benzene rings is 2. The molecule has 1 atom stereocenters. The van der Waals surface area contributed by atoms with Crippen LogP contribution in [-0.2, 0) is 15.7 Å². The Hall–Kier alpha value is -2.96. The minimum Gasteiger partial charge on any atom is -0.468 e. The lowest BCUT2D eigenvalue weighted by Crippen LogP contribution is -2.27. The molecule has 0 heterocycles. The number of alkyl halides is 3. The lowest BCUT2D eigenvalue weighted by molar-refractivity contribution is -0.141. The number of hydrogen-bond donors (Lipinski definition) is 0. The summed E-state index contributed by atoms with van der Waals surface area (Å²) in [6.07, 6.45) is -3.36. The van der Waals surface area contributed by atoms with Gasteiger partial charge >= 0.3 is 12.1 Å². The summed E-state index contributed by atoms with van der Waals surface area (Å²) in [5.74, 6) is -2.59. The lowest BCUT2D eigenvalue weighted by atomic mass is 9.96. The molecule has 0 aromatic heterocycles. The molecule has 0 aliphatic carbocycles. The Balaban J connectivity index is 2.28. The van der Waals surface area contributed by atoms with E-state index < -0.39 is 29.4 Å². The second-order valence-electron chi connectivity index (χ2n) is 5.99. The van der Waals surface area contributed by atoms with Gasteiger partial charge in [-0.1, -0.05) is 12.1 Å². The highest BCUT2D eigenvalue weighted by Gasteiger charge is 2.30. The van der Waals surface area contributed by atoms with Crippen LogP contribution in [0.2, 0.25) is 0 Å². The van der Waals surface area contributed by atoms with Crippen molar-refractivity contribution in [2.45, 2.75) is 20.0 Å². The largest absolute Gasteiger partial charge is 0.468 e. The van der Waals surface area contributed by atoms with Gasteiger partial charge in [0.1, 0.15) is 0 Å². The van der Waals surface area contributed by atoms with Crippen LogP contribution in [0.25, 0.3) is 0 Å². The SMILES string of the molecule is COC(=O)C(C=Nc1ccc(C(F)(F)F)cc1)C(=O)c1ccc(C)c(C)c1. The maximum Gasteiger partial charge on any atom is 0.416 e. The van der Waals surface area contributed by atoms with Crippen LogP contribution in [0.3, 0.4) is 0 Å². The summed E-state index contributed by atoms with van der Waals surface area (Å²) in [5.41, 5.74) is 1.60. The summed E-state index contributed by atoms with van der Waals surface area (Å²) in [6.45, 7) is 3.74. The van der Waals surface area contributed by atoms with Gasteiger partial charge in [-0.2, -0.15) is 13.2 Å². The minimum atomic E-state index is -4.45. The third kappa shape index (κ3) is 5.03. The lowest BCUT2D eigenvalue weighted by Gasteiger charge is -2.11. The molecule has 142 valence electrons. The molecule has 0 radical (unpaired) electrons. The Kier molecular flexibility index (Phi) is 6.15. The van der Waals surface area contributed by atoms with Crippen LogP contribution in [-0.4, -0.2) is 25.1 Å². The van der Waals surface area contributed by atoms with E-state index in [4.69, 9.17) is 0 Å². The van der Waals surface area contributed by atoms with Crippen LogP contribution in [0.1, 0.15) is 27.0 Å². The number of methoxy groups -OCH3 is 1. The molecular formula is C20H18F3NO3. The fourth-order valence-electron chi connectivity index (χ4n) is 2.33. The molecule has 1 unspecified atom stereocenters. The molecule has 2 rings (SSSR count). The predicted molar refractivity (Wildman–Crippen MR) is 95.3 cm³/mol. The molecule has 0 fully saturated rings. The second-order valence-corrected chi connectivity index (χ2v) is 5.99. The highest BCUT2D eigenvalue weighted by Crippen LogP contribution is 2.30. The van der Waals surface area contributed by atoms with E-state index in [1.54, 1.807) is 18.2 Å². The van der Waals surface area contributed by atoms with E-state index in [2.05, 4.69) is 9.73 Å². The number of carbonyl (C=O) groups is 2. The number of carbonyl (C=O) groups excluding carboxylic acids is 2. The molecule has 27 heavy (non-hydrogen) atoms. The van der Waals surface area contributed by atoms with E-state index in [9.17, 15) is 22.8 Å². The topological polar surface area (TPSA) is 55.7 Å². The number of Topliss-reactive ketones (excluding diaryl/α,β-unsaturated/α-hetero) is 1. The van der Waals surface area contributed by atoms with Gasteiger partial charge in [0.25, 0.3) is 0 Å². The normalized spacial score (nSPS) is 12.8. The van der Waals surface area contributed by atoms with E-state index in [0.717, 1.165) is 48.7 Å². The van der Waals surface area contributed by atoms with Crippen LogP contribution in [0, 0.1) is 19.8 Å². The Morgan fingerprint density at radius 2 is 1.67 bits per heavy atom. The van der Waals surface area contributed by atoms with Gasteiger partial charge in [-0.25, -0.2) is 0 Å². The van der Waals surface area contributed by atoms with Crippen molar-refractivity contribution in [3.63, 3.8) is 0 Å². The molecular weight excluding hydrogens is 359 g/mol. The first-order valence-electron chi connectivity index (χ1n) is 8.04. The van der Waals surface area contributed by atoms with E-state index in [0.29, 0.717) is 5.56 Å². The summed E-state index contributed by atoms with van der Waals surface area (Å²) >= 11 is 0. The second kappa shape index (κ2) is 8.16. The number of halogens is 3. The number of nitrogens with zero attached hydrogens (tertiary/aromatic N) is 1. The number of ketones is 1. The molecule has 0 spiro atoms. The van der Waals surface area contributed by atoms with Crippen LogP contribution in [0.5, 0.6) is 0 Å². The number of ether oxygens (including phenoxy) is 1. The predicted octanol–water partition coefficient (Wildman–Crippen LogP) is 4.70. The molecule has 7 heteroatoms. The quantitative estimate of drug-likeness (QED) is 0.329. The zero-order valence-electron chi connectivity index (χ0n) is 15.0. The number of aryl methyl sites for hydroxylation is 2. The van der Waals surface area contributed by atoms with Crippen LogP contribution in [0.4, 0.5) is 18.9 Å². The fourth-order valence-corrected chi connectivity index (χ4v) is 2.33. The van der Waals surface area contributed by atoms with E-state index in [1.807, 2.05) is 13.8 Å². The molecule has 4 nitrogen and oxygen atoms in total. The Morgan fingerprint density at radius 1 is 1.04 bits per heavy atom. The monoisotopic (exact) mass is 377 g/mol. The molecule has 2 aromatic rings. The smallest absolute Gasteiger partial charge is 0.416 e. The molecule has 0 N–H and O–H groups in total. The third-order valence-electron chi connectivity index (χ3n) is 4.10. The van der Waals surface area contributed by atoms with Crippen molar-refractivity contribution < 1.29 is 27.5 Å². The van der Waals surface area contributed by atoms with Crippen molar-refractivity contribution in [2.75, 3.05) is 7.11 Å².